The van der Waals surface area contributed by atoms with Gasteiger partial charge in [-0.05, 0) is 36.4 Å². The molecule has 0 bridgehead atoms. The summed E-state index contributed by atoms with van der Waals surface area (Å²) >= 11 is 1.69. The number of hydrogen-bond donors (Lipinski definition) is 1. The smallest absolute Gasteiger partial charge is 0.229 e. The van der Waals surface area contributed by atoms with Crippen LogP contribution in [0.2, 0.25) is 0 Å². The van der Waals surface area contributed by atoms with Crippen LogP contribution in [0.4, 0.5) is 5.82 Å². The molecule has 0 aliphatic heterocycles. The summed E-state index contributed by atoms with van der Waals surface area (Å²) in [7, 11) is 0. The maximum absolute atomic E-state index is 12.4. The summed E-state index contributed by atoms with van der Waals surface area (Å²) in [5, 5.41) is 7.47. The van der Waals surface area contributed by atoms with Gasteiger partial charge in [-0.3, -0.25) is 4.79 Å². The zero-order valence-corrected chi connectivity index (χ0v) is 15.2. The summed E-state index contributed by atoms with van der Waals surface area (Å²) in [4.78, 5) is 13.6. The molecule has 5 heteroatoms. The van der Waals surface area contributed by atoms with Gasteiger partial charge in [0.15, 0.2) is 0 Å². The number of rotatable bonds is 6. The molecule has 1 heterocycles. The minimum atomic E-state index is -0.0360. The van der Waals surface area contributed by atoms with Crippen LogP contribution in [-0.4, -0.2) is 21.9 Å². The second-order valence-electron chi connectivity index (χ2n) is 5.89. The molecule has 0 atom stereocenters. The lowest BCUT2D eigenvalue weighted by Crippen LogP contribution is -2.18. The van der Waals surface area contributed by atoms with Crippen LogP contribution in [0.5, 0.6) is 0 Å². The molecular weight excluding hydrogens is 330 g/mol. The number of amides is 1. The Morgan fingerprint density at radius 2 is 1.80 bits per heavy atom. The Morgan fingerprint density at radius 3 is 2.48 bits per heavy atom. The number of hydrogen-bond acceptors (Lipinski definition) is 3. The van der Waals surface area contributed by atoms with Crippen LogP contribution < -0.4 is 5.32 Å². The van der Waals surface area contributed by atoms with E-state index in [1.807, 2.05) is 66.4 Å². The maximum Gasteiger partial charge on any atom is 0.229 e. The lowest BCUT2D eigenvalue weighted by molar-refractivity contribution is -0.115. The fraction of sp³-hybridized carbons (Fsp3) is 0.200. The van der Waals surface area contributed by atoms with Crippen molar-refractivity contribution in [1.82, 2.24) is 9.78 Å². The van der Waals surface area contributed by atoms with Crippen molar-refractivity contribution in [2.75, 3.05) is 11.6 Å². The van der Waals surface area contributed by atoms with Gasteiger partial charge in [0.1, 0.15) is 5.82 Å². The van der Waals surface area contributed by atoms with Gasteiger partial charge >= 0.3 is 0 Å². The van der Waals surface area contributed by atoms with Crippen molar-refractivity contribution in [2.45, 2.75) is 24.8 Å². The lowest BCUT2D eigenvalue weighted by atomic mass is 10.1. The molecule has 4 nitrogen and oxygen atoms in total. The van der Waals surface area contributed by atoms with Crippen LogP contribution in [0.15, 0.2) is 65.6 Å². The summed E-state index contributed by atoms with van der Waals surface area (Å²) in [6.07, 6.45) is 2.39. The van der Waals surface area contributed by atoms with Crippen molar-refractivity contribution in [3.05, 3.63) is 77.5 Å². The molecule has 1 amide bonds. The average molecular weight is 351 g/mol. The van der Waals surface area contributed by atoms with Crippen molar-refractivity contribution in [3.63, 3.8) is 0 Å². The van der Waals surface area contributed by atoms with E-state index in [0.29, 0.717) is 13.0 Å². The second kappa shape index (κ2) is 8.03. The molecule has 0 aliphatic rings. The van der Waals surface area contributed by atoms with E-state index in [1.54, 1.807) is 11.8 Å². The molecule has 25 heavy (non-hydrogen) atoms. The largest absolute Gasteiger partial charge is 0.311 e. The summed E-state index contributed by atoms with van der Waals surface area (Å²) in [6.45, 7) is 2.56. The molecule has 1 N–H and O–H groups in total. The lowest BCUT2D eigenvalue weighted by Gasteiger charge is -2.09. The molecular formula is C20H21N3OS. The van der Waals surface area contributed by atoms with E-state index in [4.69, 9.17) is 0 Å². The summed E-state index contributed by atoms with van der Waals surface area (Å²) < 4.78 is 1.83. The summed E-state index contributed by atoms with van der Waals surface area (Å²) in [6, 6.07) is 20.1. The molecule has 0 fully saturated rings. The van der Waals surface area contributed by atoms with Crippen LogP contribution in [0.3, 0.4) is 0 Å². The van der Waals surface area contributed by atoms with Crippen LogP contribution in [0.1, 0.15) is 16.8 Å². The van der Waals surface area contributed by atoms with Crippen molar-refractivity contribution in [1.29, 1.82) is 0 Å². The molecule has 3 rings (SSSR count). The number of nitrogens with zero attached hydrogens (tertiary/aromatic N) is 2. The first-order chi connectivity index (χ1) is 12.1. The first-order valence-electron chi connectivity index (χ1n) is 8.15. The van der Waals surface area contributed by atoms with Gasteiger partial charge in [0, 0.05) is 11.0 Å². The van der Waals surface area contributed by atoms with Crippen molar-refractivity contribution < 1.29 is 4.79 Å². The number of aromatic nitrogens is 2. The predicted octanol–water partition coefficient (Wildman–Crippen LogP) is 4.14. The Labute approximate surface area is 152 Å². The number of carbonyl (C=O) groups is 1. The monoisotopic (exact) mass is 351 g/mol. The Balaban J connectivity index is 1.68. The Kier molecular flexibility index (Phi) is 5.56. The Bertz CT molecular complexity index is 841. The highest BCUT2D eigenvalue weighted by Crippen LogP contribution is 2.16. The number of benzene rings is 2. The number of nitrogens with one attached hydrogen (secondary N) is 1. The molecule has 0 saturated heterocycles. The van der Waals surface area contributed by atoms with Gasteiger partial charge in [0.2, 0.25) is 5.91 Å². The van der Waals surface area contributed by atoms with Gasteiger partial charge < -0.3 is 5.32 Å². The third-order valence-corrected chi connectivity index (χ3v) is 4.61. The zero-order valence-electron chi connectivity index (χ0n) is 14.4. The number of anilines is 1. The third kappa shape index (κ3) is 4.73. The van der Waals surface area contributed by atoms with E-state index in [1.165, 1.54) is 4.90 Å². The van der Waals surface area contributed by atoms with Gasteiger partial charge in [-0.2, -0.15) is 5.10 Å². The third-order valence-electron chi connectivity index (χ3n) is 3.87. The highest BCUT2D eigenvalue weighted by Gasteiger charge is 2.10. The quantitative estimate of drug-likeness (QED) is 0.679. The molecule has 128 valence electrons. The van der Waals surface area contributed by atoms with Crippen LogP contribution >= 0.6 is 11.8 Å². The summed E-state index contributed by atoms with van der Waals surface area (Å²) in [5.41, 5.74) is 3.03. The molecule has 0 aliphatic carbocycles. The Morgan fingerprint density at radius 1 is 1.08 bits per heavy atom. The van der Waals surface area contributed by atoms with Crippen LogP contribution in [0, 0.1) is 6.92 Å². The van der Waals surface area contributed by atoms with E-state index in [-0.39, 0.29) is 5.91 Å². The van der Waals surface area contributed by atoms with E-state index in [2.05, 4.69) is 22.5 Å². The van der Waals surface area contributed by atoms with Gasteiger partial charge in [-0.25, -0.2) is 4.68 Å². The molecule has 2 aromatic carbocycles. The first kappa shape index (κ1) is 17.3. The number of carbonyl (C=O) groups excluding carboxylic acids is 1. The second-order valence-corrected chi connectivity index (χ2v) is 6.77. The van der Waals surface area contributed by atoms with Gasteiger partial charge in [-0.15, -0.1) is 11.8 Å². The molecule has 0 spiro atoms. The van der Waals surface area contributed by atoms with E-state index in [0.717, 1.165) is 22.6 Å². The normalized spacial score (nSPS) is 10.6. The van der Waals surface area contributed by atoms with Crippen LogP contribution in [0.25, 0.3) is 0 Å². The van der Waals surface area contributed by atoms with E-state index >= 15 is 0 Å². The van der Waals surface area contributed by atoms with Crippen molar-refractivity contribution in [3.8, 4) is 0 Å². The number of aryl methyl sites for hydroxylation is 1. The zero-order chi connectivity index (χ0) is 17.6. The molecule has 3 aromatic rings. The fourth-order valence-electron chi connectivity index (χ4n) is 2.64. The van der Waals surface area contributed by atoms with E-state index < -0.39 is 0 Å². The van der Waals surface area contributed by atoms with Gasteiger partial charge in [-0.1, -0.05) is 42.5 Å². The van der Waals surface area contributed by atoms with Crippen LogP contribution in [-0.2, 0) is 17.8 Å². The SMILES string of the molecule is CSc1ccc(CC(=O)Nc2cc(C)nn2Cc2ccccc2)cc1. The van der Waals surface area contributed by atoms with Gasteiger partial charge in [0.05, 0.1) is 18.7 Å². The fourth-order valence-corrected chi connectivity index (χ4v) is 3.05. The first-order valence-corrected chi connectivity index (χ1v) is 9.37. The topological polar surface area (TPSA) is 46.9 Å². The molecule has 1 aromatic heterocycles. The minimum Gasteiger partial charge on any atom is -0.311 e. The molecule has 0 unspecified atom stereocenters. The van der Waals surface area contributed by atoms with Gasteiger partial charge in [0.25, 0.3) is 0 Å². The highest BCUT2D eigenvalue weighted by molar-refractivity contribution is 7.98. The minimum absolute atomic E-state index is 0.0360. The maximum atomic E-state index is 12.4. The number of thioether (sulfide) groups is 1. The molecule has 0 radical (unpaired) electrons. The average Bonchev–Trinajstić information content (AvgIpc) is 2.95. The standard InChI is InChI=1S/C20H21N3OS/c1-15-12-19(23(22-15)14-17-6-4-3-5-7-17)21-20(24)13-16-8-10-18(25-2)11-9-16/h3-12H,13-14H2,1-2H3,(H,21,24). The summed E-state index contributed by atoms with van der Waals surface area (Å²) in [5.74, 6) is 0.693. The van der Waals surface area contributed by atoms with Crippen molar-refractivity contribution in [2.24, 2.45) is 0 Å². The predicted molar refractivity (Wildman–Crippen MR) is 103 cm³/mol. The Hall–Kier alpha value is -2.53. The van der Waals surface area contributed by atoms with Crippen molar-refractivity contribution >= 4 is 23.5 Å². The highest BCUT2D eigenvalue weighted by atomic mass is 32.2. The van der Waals surface area contributed by atoms with E-state index in [9.17, 15) is 4.79 Å². The molecule has 0 saturated carbocycles.